The Balaban J connectivity index is 2.08. The fourth-order valence-corrected chi connectivity index (χ4v) is 3.32. The van der Waals surface area contributed by atoms with Gasteiger partial charge in [0, 0.05) is 10.4 Å². The Hall–Kier alpha value is -0.0100. The minimum Gasteiger partial charge on any atom is -0.126 e. The van der Waals surface area contributed by atoms with Crippen molar-refractivity contribution in [2.75, 3.05) is 5.88 Å². The molecule has 0 spiro atoms. The smallest absolute Gasteiger partial charge is 0.0283 e. The largest absolute Gasteiger partial charge is 0.126 e. The van der Waals surface area contributed by atoms with Crippen LogP contribution in [0.25, 0.3) is 0 Å². The number of benzene rings is 1. The van der Waals surface area contributed by atoms with Gasteiger partial charge in [0.05, 0.1) is 0 Å². The molecule has 1 aromatic carbocycles. The molecule has 1 aromatic rings. The molecule has 0 N–H and O–H groups in total. The predicted molar refractivity (Wildman–Crippen MR) is 74.1 cm³/mol. The number of hydrogen-bond acceptors (Lipinski definition) is 0. The highest BCUT2D eigenvalue weighted by molar-refractivity contribution is 9.10. The van der Waals surface area contributed by atoms with Crippen LogP contribution in [-0.2, 0) is 6.42 Å². The van der Waals surface area contributed by atoms with Crippen LogP contribution in [0, 0.1) is 5.41 Å². The van der Waals surface area contributed by atoms with Crippen molar-refractivity contribution in [3.05, 3.63) is 34.3 Å². The molecule has 1 aliphatic rings. The van der Waals surface area contributed by atoms with E-state index in [1.165, 1.54) is 37.7 Å². The van der Waals surface area contributed by atoms with Gasteiger partial charge in [-0.2, -0.15) is 0 Å². The summed E-state index contributed by atoms with van der Waals surface area (Å²) in [6.07, 6.45) is 7.83. The Bertz CT molecular complexity index is 325. The van der Waals surface area contributed by atoms with Gasteiger partial charge in [-0.25, -0.2) is 0 Å². The van der Waals surface area contributed by atoms with E-state index in [4.69, 9.17) is 11.6 Å². The van der Waals surface area contributed by atoms with Gasteiger partial charge < -0.3 is 0 Å². The van der Waals surface area contributed by atoms with E-state index in [1.807, 2.05) is 0 Å². The molecule has 0 amide bonds. The van der Waals surface area contributed by atoms with Crippen molar-refractivity contribution < 1.29 is 0 Å². The second-order valence-corrected chi connectivity index (χ2v) is 6.18. The monoisotopic (exact) mass is 300 g/mol. The van der Waals surface area contributed by atoms with E-state index < -0.39 is 0 Å². The first-order valence-corrected chi connectivity index (χ1v) is 7.37. The zero-order valence-corrected chi connectivity index (χ0v) is 11.9. The number of hydrogen-bond donors (Lipinski definition) is 0. The Morgan fingerprint density at radius 1 is 1.06 bits per heavy atom. The second kappa shape index (κ2) is 5.55. The predicted octanol–water partition coefficient (Wildman–Crippen LogP) is 5.18. The zero-order valence-electron chi connectivity index (χ0n) is 9.52. The van der Waals surface area contributed by atoms with E-state index in [9.17, 15) is 0 Å². The van der Waals surface area contributed by atoms with E-state index in [-0.39, 0.29) is 0 Å². The molecule has 0 heterocycles. The third-order valence-electron chi connectivity index (χ3n) is 3.69. The molecule has 1 fully saturated rings. The second-order valence-electron chi connectivity index (χ2n) is 5.00. The summed E-state index contributed by atoms with van der Waals surface area (Å²) in [4.78, 5) is 0. The fourth-order valence-electron chi connectivity index (χ4n) is 2.69. The zero-order chi connectivity index (χ0) is 11.4. The number of alkyl halides is 1. The summed E-state index contributed by atoms with van der Waals surface area (Å²) in [6, 6.07) is 8.68. The molecule has 2 rings (SSSR count). The molecular formula is C14H18BrCl. The lowest BCUT2D eigenvalue weighted by Gasteiger charge is -2.35. The first-order chi connectivity index (χ1) is 7.74. The maximum absolute atomic E-state index is 6.21. The normalized spacial score (nSPS) is 19.6. The van der Waals surface area contributed by atoms with Crippen LogP contribution in [0.1, 0.15) is 37.7 Å². The Kier molecular flexibility index (Phi) is 4.32. The van der Waals surface area contributed by atoms with Gasteiger partial charge in [0.1, 0.15) is 0 Å². The van der Waals surface area contributed by atoms with Crippen LogP contribution >= 0.6 is 27.5 Å². The molecule has 0 atom stereocenters. The van der Waals surface area contributed by atoms with Crippen LogP contribution < -0.4 is 0 Å². The molecule has 88 valence electrons. The first kappa shape index (κ1) is 12.4. The summed E-state index contributed by atoms with van der Waals surface area (Å²) in [5.74, 6) is 0.809. The molecule has 0 radical (unpaired) electrons. The van der Waals surface area contributed by atoms with Gasteiger partial charge in [0.15, 0.2) is 0 Å². The number of halogens is 2. The van der Waals surface area contributed by atoms with Gasteiger partial charge >= 0.3 is 0 Å². The first-order valence-electron chi connectivity index (χ1n) is 6.05. The standard InChI is InChI=1S/C14H18BrCl/c15-13-6-4-12(5-7-13)10-14(11-16)8-2-1-3-9-14/h4-7H,1-3,8-11H2. The van der Waals surface area contributed by atoms with E-state index in [2.05, 4.69) is 40.2 Å². The van der Waals surface area contributed by atoms with Crippen molar-refractivity contribution in [3.8, 4) is 0 Å². The van der Waals surface area contributed by atoms with Gasteiger partial charge in [-0.3, -0.25) is 0 Å². The maximum Gasteiger partial charge on any atom is 0.0283 e. The molecule has 0 aromatic heterocycles. The lowest BCUT2D eigenvalue weighted by Crippen LogP contribution is -2.28. The van der Waals surface area contributed by atoms with Crippen LogP contribution in [0.2, 0.25) is 0 Å². The van der Waals surface area contributed by atoms with Gasteiger partial charge in [-0.1, -0.05) is 47.3 Å². The molecule has 1 aliphatic carbocycles. The van der Waals surface area contributed by atoms with E-state index in [0.29, 0.717) is 5.41 Å². The van der Waals surface area contributed by atoms with E-state index in [0.717, 1.165) is 16.8 Å². The van der Waals surface area contributed by atoms with Crippen molar-refractivity contribution in [2.45, 2.75) is 38.5 Å². The SMILES string of the molecule is ClCC1(Cc2ccc(Br)cc2)CCCCC1. The van der Waals surface area contributed by atoms with Crippen LogP contribution in [-0.4, -0.2) is 5.88 Å². The van der Waals surface area contributed by atoms with E-state index >= 15 is 0 Å². The molecule has 0 saturated heterocycles. The minimum atomic E-state index is 0.369. The van der Waals surface area contributed by atoms with Crippen molar-refractivity contribution in [2.24, 2.45) is 5.41 Å². The Morgan fingerprint density at radius 2 is 1.69 bits per heavy atom. The fraction of sp³-hybridized carbons (Fsp3) is 0.571. The van der Waals surface area contributed by atoms with Crippen LogP contribution in [0.4, 0.5) is 0 Å². The minimum absolute atomic E-state index is 0.369. The summed E-state index contributed by atoms with van der Waals surface area (Å²) < 4.78 is 1.15. The average molecular weight is 302 g/mol. The quantitative estimate of drug-likeness (QED) is 0.675. The molecule has 1 saturated carbocycles. The van der Waals surface area contributed by atoms with Crippen molar-refractivity contribution >= 4 is 27.5 Å². The van der Waals surface area contributed by atoms with Gasteiger partial charge in [-0.15, -0.1) is 11.6 Å². The molecule has 2 heteroatoms. The van der Waals surface area contributed by atoms with Crippen molar-refractivity contribution in [1.29, 1.82) is 0 Å². The maximum atomic E-state index is 6.21. The highest BCUT2D eigenvalue weighted by atomic mass is 79.9. The third kappa shape index (κ3) is 3.01. The summed E-state index contributed by atoms with van der Waals surface area (Å²) >= 11 is 9.68. The highest BCUT2D eigenvalue weighted by Crippen LogP contribution is 2.40. The van der Waals surface area contributed by atoms with Crippen LogP contribution in [0.3, 0.4) is 0 Å². The number of rotatable bonds is 3. The average Bonchev–Trinajstić information content (AvgIpc) is 2.33. The molecular weight excluding hydrogens is 284 g/mol. The van der Waals surface area contributed by atoms with Gasteiger partial charge in [0.2, 0.25) is 0 Å². The van der Waals surface area contributed by atoms with Crippen molar-refractivity contribution in [3.63, 3.8) is 0 Å². The summed E-state index contributed by atoms with van der Waals surface area (Å²) in [5.41, 5.74) is 1.79. The topological polar surface area (TPSA) is 0 Å². The van der Waals surface area contributed by atoms with E-state index in [1.54, 1.807) is 0 Å². The summed E-state index contributed by atoms with van der Waals surface area (Å²) in [7, 11) is 0. The van der Waals surface area contributed by atoms with Gasteiger partial charge in [0.25, 0.3) is 0 Å². The molecule has 0 nitrogen and oxygen atoms in total. The van der Waals surface area contributed by atoms with Crippen LogP contribution in [0.15, 0.2) is 28.7 Å². The molecule has 0 unspecified atom stereocenters. The molecule has 0 aliphatic heterocycles. The summed E-state index contributed by atoms with van der Waals surface area (Å²) in [5, 5.41) is 0. The van der Waals surface area contributed by atoms with Crippen molar-refractivity contribution in [1.82, 2.24) is 0 Å². The van der Waals surface area contributed by atoms with Gasteiger partial charge in [-0.05, 0) is 42.4 Å². The Labute approximate surface area is 112 Å². The lowest BCUT2D eigenvalue weighted by molar-refractivity contribution is 0.219. The Morgan fingerprint density at radius 3 is 2.25 bits per heavy atom. The van der Waals surface area contributed by atoms with Crippen LogP contribution in [0.5, 0.6) is 0 Å². The molecule has 16 heavy (non-hydrogen) atoms. The third-order valence-corrected chi connectivity index (χ3v) is 4.79. The highest BCUT2D eigenvalue weighted by Gasteiger charge is 2.31. The molecule has 0 bridgehead atoms. The lowest BCUT2D eigenvalue weighted by atomic mass is 9.72. The summed E-state index contributed by atoms with van der Waals surface area (Å²) in [6.45, 7) is 0.